The Kier molecular flexibility index (Phi) is 8.16. The summed E-state index contributed by atoms with van der Waals surface area (Å²) in [7, 11) is 0. The number of amides is 1. The van der Waals surface area contributed by atoms with Gasteiger partial charge in [0.25, 0.3) is 0 Å². The van der Waals surface area contributed by atoms with Gasteiger partial charge in [-0.3, -0.25) is 9.69 Å². The Balaban J connectivity index is 1.33. The van der Waals surface area contributed by atoms with Crippen molar-refractivity contribution in [3.63, 3.8) is 0 Å². The highest BCUT2D eigenvalue weighted by Crippen LogP contribution is 2.27. The van der Waals surface area contributed by atoms with Crippen molar-refractivity contribution in [1.29, 1.82) is 0 Å². The van der Waals surface area contributed by atoms with E-state index in [9.17, 15) is 4.79 Å². The van der Waals surface area contributed by atoms with E-state index in [2.05, 4.69) is 77.7 Å². The van der Waals surface area contributed by atoms with Crippen molar-refractivity contribution in [3.05, 3.63) is 138 Å². The Hall–Kier alpha value is -4.35. The summed E-state index contributed by atoms with van der Waals surface area (Å²) < 4.78 is 12.1. The number of fused-ring (bicyclic) bond motifs is 1. The first-order chi connectivity index (χ1) is 18.7. The number of carbonyl (C=O) groups is 1. The normalized spacial score (nSPS) is 11.3. The molecule has 0 saturated carbocycles. The number of para-hydroxylation sites is 1. The quantitative estimate of drug-likeness (QED) is 0.194. The lowest BCUT2D eigenvalue weighted by Gasteiger charge is -2.28. The van der Waals surface area contributed by atoms with Crippen LogP contribution in [0.1, 0.15) is 39.6 Å². The van der Waals surface area contributed by atoms with E-state index in [1.807, 2.05) is 24.3 Å². The highest BCUT2D eigenvalue weighted by atomic mass is 16.5. The molecule has 1 amide bonds. The molecule has 4 aromatic carbocycles. The molecule has 0 spiro atoms. The van der Waals surface area contributed by atoms with Gasteiger partial charge >= 0.3 is 0 Å². The van der Waals surface area contributed by atoms with Crippen LogP contribution < -0.4 is 10.5 Å². The third kappa shape index (κ3) is 6.50. The fourth-order valence-electron chi connectivity index (χ4n) is 4.82. The summed E-state index contributed by atoms with van der Waals surface area (Å²) in [5, 5.41) is 1.11. The zero-order valence-electron chi connectivity index (χ0n) is 21.3. The highest BCUT2D eigenvalue weighted by molar-refractivity contribution is 5.93. The average molecular weight is 505 g/mol. The van der Waals surface area contributed by atoms with Gasteiger partial charge in [0.05, 0.1) is 13.2 Å². The Morgan fingerprint density at radius 3 is 2.18 bits per heavy atom. The Morgan fingerprint density at radius 1 is 0.816 bits per heavy atom. The predicted octanol–water partition coefficient (Wildman–Crippen LogP) is 6.63. The minimum atomic E-state index is -0.458. The summed E-state index contributed by atoms with van der Waals surface area (Å²) in [5.74, 6) is 1.35. The lowest BCUT2D eigenvalue weighted by Crippen LogP contribution is -2.30. The lowest BCUT2D eigenvalue weighted by molar-refractivity contribution is 0.1000. The number of benzene rings is 4. The molecule has 1 aromatic heterocycles. The Morgan fingerprint density at radius 2 is 1.50 bits per heavy atom. The van der Waals surface area contributed by atoms with Gasteiger partial charge in [0, 0.05) is 30.0 Å². The first kappa shape index (κ1) is 25.3. The lowest BCUT2D eigenvalue weighted by atomic mass is 9.90. The number of hydrogen-bond acceptors (Lipinski definition) is 4. The average Bonchev–Trinajstić information content (AvgIpc) is 3.37. The Bertz CT molecular complexity index is 1390. The monoisotopic (exact) mass is 504 g/mol. The first-order valence-electron chi connectivity index (χ1n) is 13.0. The van der Waals surface area contributed by atoms with Crippen molar-refractivity contribution in [2.75, 3.05) is 19.7 Å². The summed E-state index contributed by atoms with van der Waals surface area (Å²) in [6, 6.07) is 38.6. The van der Waals surface area contributed by atoms with E-state index >= 15 is 0 Å². The third-order valence-electron chi connectivity index (χ3n) is 6.71. The van der Waals surface area contributed by atoms with Crippen LogP contribution in [0.4, 0.5) is 0 Å². The molecule has 0 aliphatic rings. The van der Waals surface area contributed by atoms with Crippen LogP contribution in [0, 0.1) is 0 Å². The van der Waals surface area contributed by atoms with E-state index < -0.39 is 5.91 Å². The zero-order valence-corrected chi connectivity index (χ0v) is 21.3. The van der Waals surface area contributed by atoms with Gasteiger partial charge in [-0.05, 0) is 47.9 Å². The largest absolute Gasteiger partial charge is 0.494 e. The van der Waals surface area contributed by atoms with E-state index in [1.165, 1.54) is 11.1 Å². The van der Waals surface area contributed by atoms with E-state index in [4.69, 9.17) is 14.9 Å². The van der Waals surface area contributed by atoms with Crippen molar-refractivity contribution < 1.29 is 13.9 Å². The number of ether oxygens (including phenoxy) is 1. The molecule has 0 radical (unpaired) electrons. The van der Waals surface area contributed by atoms with Crippen LogP contribution in [0.3, 0.4) is 0 Å². The number of nitrogens with zero attached hydrogens (tertiary/aromatic N) is 1. The molecule has 0 aliphatic heterocycles. The maximum Gasteiger partial charge on any atom is 0.248 e. The van der Waals surface area contributed by atoms with Crippen LogP contribution in [0.15, 0.2) is 120 Å². The molecule has 5 rings (SSSR count). The van der Waals surface area contributed by atoms with Crippen LogP contribution >= 0.6 is 0 Å². The van der Waals surface area contributed by atoms with Crippen LogP contribution in [0.5, 0.6) is 5.75 Å². The van der Waals surface area contributed by atoms with Gasteiger partial charge in [0.15, 0.2) is 0 Å². The second-order valence-corrected chi connectivity index (χ2v) is 9.45. The number of carbonyl (C=O) groups excluding carboxylic acids is 1. The molecule has 0 unspecified atom stereocenters. The molecule has 5 nitrogen and oxygen atoms in total. The van der Waals surface area contributed by atoms with Crippen molar-refractivity contribution in [2.45, 2.75) is 18.9 Å². The van der Waals surface area contributed by atoms with Crippen molar-refractivity contribution >= 4 is 16.9 Å². The number of nitrogens with two attached hydrogens (primary N) is 1. The first-order valence-corrected chi connectivity index (χ1v) is 13.0. The van der Waals surface area contributed by atoms with Gasteiger partial charge in [-0.2, -0.15) is 0 Å². The summed E-state index contributed by atoms with van der Waals surface area (Å²) in [6.45, 7) is 2.88. The zero-order chi connectivity index (χ0) is 26.2. The van der Waals surface area contributed by atoms with Gasteiger partial charge < -0.3 is 14.9 Å². The summed E-state index contributed by atoms with van der Waals surface area (Å²) in [6.07, 6.45) is 0.817. The molecule has 5 aromatic rings. The molecule has 2 N–H and O–H groups in total. The van der Waals surface area contributed by atoms with Gasteiger partial charge in [-0.25, -0.2) is 0 Å². The summed E-state index contributed by atoms with van der Waals surface area (Å²) in [4.78, 5) is 13.9. The molecule has 192 valence electrons. The highest BCUT2D eigenvalue weighted by Gasteiger charge is 2.20. The molecule has 38 heavy (non-hydrogen) atoms. The van der Waals surface area contributed by atoms with Gasteiger partial charge in [-0.1, -0.05) is 84.9 Å². The van der Waals surface area contributed by atoms with Crippen LogP contribution in [-0.4, -0.2) is 30.5 Å². The maximum atomic E-state index is 11.5. The third-order valence-corrected chi connectivity index (χ3v) is 6.71. The molecular formula is C33H32N2O3. The van der Waals surface area contributed by atoms with E-state index in [0.29, 0.717) is 24.5 Å². The van der Waals surface area contributed by atoms with Gasteiger partial charge in [0.1, 0.15) is 17.1 Å². The van der Waals surface area contributed by atoms with Gasteiger partial charge in [0.2, 0.25) is 5.91 Å². The van der Waals surface area contributed by atoms with Gasteiger partial charge in [-0.15, -0.1) is 0 Å². The molecule has 0 aliphatic carbocycles. The van der Waals surface area contributed by atoms with Crippen LogP contribution in [-0.2, 0) is 6.54 Å². The standard InChI is InChI=1S/C33H32N2O3/c34-33(36)28-16-9-17-29(22-28)37-20-10-19-35(23-30-21-27-15-7-8-18-32(27)38-30)24-31(25-11-3-1-4-12-25)26-13-5-2-6-14-26/h1-9,11-18,21-22,31H,10,19-20,23-24H2,(H2,34,36). The minimum Gasteiger partial charge on any atom is -0.494 e. The maximum absolute atomic E-state index is 11.5. The molecule has 5 heteroatoms. The molecule has 1 heterocycles. The predicted molar refractivity (Wildman–Crippen MR) is 151 cm³/mol. The summed E-state index contributed by atoms with van der Waals surface area (Å²) >= 11 is 0. The second kappa shape index (κ2) is 12.3. The van der Waals surface area contributed by atoms with Crippen molar-refractivity contribution in [3.8, 4) is 5.75 Å². The van der Waals surface area contributed by atoms with Crippen molar-refractivity contribution in [1.82, 2.24) is 4.90 Å². The topological polar surface area (TPSA) is 68.7 Å². The van der Waals surface area contributed by atoms with Crippen LogP contribution in [0.25, 0.3) is 11.0 Å². The number of hydrogen-bond donors (Lipinski definition) is 1. The molecule has 0 bridgehead atoms. The van der Waals surface area contributed by atoms with E-state index in [0.717, 1.165) is 36.2 Å². The number of primary amides is 1. The Labute approximate surface area is 223 Å². The van der Waals surface area contributed by atoms with E-state index in [-0.39, 0.29) is 5.92 Å². The molecular weight excluding hydrogens is 472 g/mol. The SMILES string of the molecule is NC(=O)c1cccc(OCCCN(Cc2cc3ccccc3o2)CC(c2ccccc2)c2ccccc2)c1. The van der Waals surface area contributed by atoms with E-state index in [1.54, 1.807) is 18.2 Å². The fourth-order valence-corrected chi connectivity index (χ4v) is 4.82. The molecule has 0 fully saturated rings. The van der Waals surface area contributed by atoms with Crippen molar-refractivity contribution in [2.24, 2.45) is 5.73 Å². The fraction of sp³-hybridized carbons (Fsp3) is 0.182. The molecule has 0 atom stereocenters. The number of rotatable bonds is 12. The summed E-state index contributed by atoms with van der Waals surface area (Å²) in [5.41, 5.74) is 9.33. The second-order valence-electron chi connectivity index (χ2n) is 9.45. The minimum absolute atomic E-state index is 0.218. The van der Waals surface area contributed by atoms with Crippen LogP contribution in [0.2, 0.25) is 0 Å². The molecule has 0 saturated heterocycles. The smallest absolute Gasteiger partial charge is 0.248 e. The number of furan rings is 1.